The molecule has 2 atom stereocenters. The summed E-state index contributed by atoms with van der Waals surface area (Å²) in [6, 6.07) is 0. The molecule has 0 saturated carbocycles. The van der Waals surface area contributed by atoms with Crippen molar-refractivity contribution in [2.45, 2.75) is 25.3 Å². The molecule has 2 saturated heterocycles. The Hall–Kier alpha value is -0.0800. The van der Waals surface area contributed by atoms with Gasteiger partial charge in [-0.3, -0.25) is 0 Å². The highest BCUT2D eigenvalue weighted by Gasteiger charge is 2.42. The highest BCUT2D eigenvalue weighted by Crippen LogP contribution is 2.33. The first-order chi connectivity index (χ1) is 4.83. The lowest BCUT2D eigenvalue weighted by molar-refractivity contribution is 0.160. The van der Waals surface area contributed by atoms with Crippen molar-refractivity contribution in [3.05, 3.63) is 0 Å². The van der Waals surface area contributed by atoms with Gasteiger partial charge in [-0.25, -0.2) is 0 Å². The van der Waals surface area contributed by atoms with E-state index in [2.05, 4.69) is 12.2 Å². The largest absolute Gasteiger partial charge is 0.379 e. The fraction of sp³-hybridized carbons (Fsp3) is 1.00. The van der Waals surface area contributed by atoms with Crippen molar-refractivity contribution >= 4 is 0 Å². The zero-order valence-electron chi connectivity index (χ0n) is 6.52. The Labute approximate surface area is 61.9 Å². The number of nitrogens with one attached hydrogen (secondary N) is 1. The first kappa shape index (κ1) is 6.62. The highest BCUT2D eigenvalue weighted by atomic mass is 16.5. The molecular formula is C8H15NO. The van der Waals surface area contributed by atoms with Gasteiger partial charge in [-0.1, -0.05) is 6.92 Å². The van der Waals surface area contributed by atoms with E-state index >= 15 is 0 Å². The van der Waals surface area contributed by atoms with Gasteiger partial charge in [0.15, 0.2) is 0 Å². The van der Waals surface area contributed by atoms with E-state index in [1.165, 1.54) is 19.4 Å². The Kier molecular flexibility index (Phi) is 1.46. The number of ether oxygens (including phenoxy) is 1. The Morgan fingerprint density at radius 2 is 2.50 bits per heavy atom. The SMILES string of the molecule is C[C@@H]1CCN[C@@]12CCOC2. The maximum absolute atomic E-state index is 5.39. The molecule has 2 heteroatoms. The zero-order chi connectivity index (χ0) is 7.03. The maximum Gasteiger partial charge on any atom is 0.0651 e. The van der Waals surface area contributed by atoms with Gasteiger partial charge in [0, 0.05) is 12.1 Å². The normalized spacial score (nSPS) is 47.1. The standard InChI is InChI=1S/C8H15NO/c1-7-2-4-9-8(7)3-5-10-6-8/h7,9H,2-6H2,1H3/t7-,8-/m1/s1. The van der Waals surface area contributed by atoms with Crippen molar-refractivity contribution < 1.29 is 4.74 Å². The summed E-state index contributed by atoms with van der Waals surface area (Å²) in [5, 5.41) is 3.56. The molecule has 2 heterocycles. The van der Waals surface area contributed by atoms with E-state index in [1.807, 2.05) is 0 Å². The molecule has 58 valence electrons. The summed E-state index contributed by atoms with van der Waals surface area (Å²) in [6.07, 6.45) is 2.54. The van der Waals surface area contributed by atoms with Crippen molar-refractivity contribution in [3.63, 3.8) is 0 Å². The maximum atomic E-state index is 5.39. The van der Waals surface area contributed by atoms with Crippen LogP contribution in [-0.2, 0) is 4.74 Å². The molecule has 0 amide bonds. The fourth-order valence-corrected chi connectivity index (χ4v) is 2.10. The lowest BCUT2D eigenvalue weighted by Crippen LogP contribution is -2.44. The van der Waals surface area contributed by atoms with Gasteiger partial charge in [-0.15, -0.1) is 0 Å². The summed E-state index contributed by atoms with van der Waals surface area (Å²) in [6.45, 7) is 5.41. The quantitative estimate of drug-likeness (QED) is 0.538. The average molecular weight is 141 g/mol. The number of rotatable bonds is 0. The summed E-state index contributed by atoms with van der Waals surface area (Å²) in [5.74, 6) is 0.815. The minimum Gasteiger partial charge on any atom is -0.379 e. The van der Waals surface area contributed by atoms with Crippen molar-refractivity contribution in [1.29, 1.82) is 0 Å². The molecule has 0 radical (unpaired) electrons. The third kappa shape index (κ3) is 0.789. The van der Waals surface area contributed by atoms with Crippen LogP contribution in [0, 0.1) is 5.92 Å². The molecular weight excluding hydrogens is 126 g/mol. The summed E-state index contributed by atoms with van der Waals surface area (Å²) < 4.78 is 5.39. The summed E-state index contributed by atoms with van der Waals surface area (Å²) >= 11 is 0. The van der Waals surface area contributed by atoms with Crippen LogP contribution in [0.4, 0.5) is 0 Å². The van der Waals surface area contributed by atoms with Crippen molar-refractivity contribution in [2.24, 2.45) is 5.92 Å². The van der Waals surface area contributed by atoms with E-state index in [4.69, 9.17) is 4.74 Å². The average Bonchev–Trinajstić information content (AvgIpc) is 2.48. The Balaban J connectivity index is 2.11. The molecule has 2 rings (SSSR count). The minimum atomic E-state index is 0.375. The lowest BCUT2D eigenvalue weighted by Gasteiger charge is -2.26. The van der Waals surface area contributed by atoms with E-state index in [0.717, 1.165) is 19.1 Å². The molecule has 2 fully saturated rings. The topological polar surface area (TPSA) is 21.3 Å². The van der Waals surface area contributed by atoms with Crippen LogP contribution < -0.4 is 5.32 Å². The molecule has 0 aromatic carbocycles. The molecule has 1 N–H and O–H groups in total. The fourth-order valence-electron chi connectivity index (χ4n) is 2.10. The molecule has 10 heavy (non-hydrogen) atoms. The Morgan fingerprint density at radius 1 is 1.60 bits per heavy atom. The monoisotopic (exact) mass is 141 g/mol. The van der Waals surface area contributed by atoms with Gasteiger partial charge in [-0.05, 0) is 25.3 Å². The van der Waals surface area contributed by atoms with Crippen LogP contribution in [0.5, 0.6) is 0 Å². The van der Waals surface area contributed by atoms with Crippen LogP contribution in [0.2, 0.25) is 0 Å². The van der Waals surface area contributed by atoms with Crippen molar-refractivity contribution in [2.75, 3.05) is 19.8 Å². The second kappa shape index (κ2) is 2.21. The van der Waals surface area contributed by atoms with Crippen LogP contribution in [0.25, 0.3) is 0 Å². The molecule has 0 aliphatic carbocycles. The van der Waals surface area contributed by atoms with Gasteiger partial charge in [0.1, 0.15) is 0 Å². The zero-order valence-corrected chi connectivity index (χ0v) is 6.52. The van der Waals surface area contributed by atoms with Crippen LogP contribution in [0.15, 0.2) is 0 Å². The minimum absolute atomic E-state index is 0.375. The van der Waals surface area contributed by atoms with Crippen LogP contribution in [-0.4, -0.2) is 25.3 Å². The van der Waals surface area contributed by atoms with E-state index in [0.29, 0.717) is 5.54 Å². The molecule has 0 unspecified atom stereocenters. The van der Waals surface area contributed by atoms with Crippen LogP contribution in [0.1, 0.15) is 19.8 Å². The molecule has 2 aliphatic rings. The van der Waals surface area contributed by atoms with Gasteiger partial charge < -0.3 is 10.1 Å². The van der Waals surface area contributed by atoms with Gasteiger partial charge >= 0.3 is 0 Å². The Morgan fingerprint density at radius 3 is 3.00 bits per heavy atom. The van der Waals surface area contributed by atoms with E-state index in [9.17, 15) is 0 Å². The smallest absolute Gasteiger partial charge is 0.0651 e. The van der Waals surface area contributed by atoms with Gasteiger partial charge in [0.2, 0.25) is 0 Å². The van der Waals surface area contributed by atoms with Crippen molar-refractivity contribution in [1.82, 2.24) is 5.32 Å². The molecule has 0 aromatic heterocycles. The van der Waals surface area contributed by atoms with E-state index in [1.54, 1.807) is 0 Å². The van der Waals surface area contributed by atoms with Gasteiger partial charge in [0.05, 0.1) is 6.61 Å². The second-order valence-corrected chi connectivity index (χ2v) is 3.58. The third-order valence-electron chi connectivity index (χ3n) is 3.05. The molecule has 2 nitrogen and oxygen atoms in total. The van der Waals surface area contributed by atoms with Crippen LogP contribution in [0.3, 0.4) is 0 Å². The lowest BCUT2D eigenvalue weighted by atomic mass is 9.86. The van der Waals surface area contributed by atoms with Crippen molar-refractivity contribution in [3.8, 4) is 0 Å². The molecule has 0 bridgehead atoms. The van der Waals surface area contributed by atoms with Gasteiger partial charge in [0.25, 0.3) is 0 Å². The first-order valence-corrected chi connectivity index (χ1v) is 4.16. The van der Waals surface area contributed by atoms with E-state index in [-0.39, 0.29) is 0 Å². The summed E-state index contributed by atoms with van der Waals surface area (Å²) in [5.41, 5.74) is 0.375. The first-order valence-electron chi connectivity index (χ1n) is 4.16. The second-order valence-electron chi connectivity index (χ2n) is 3.58. The van der Waals surface area contributed by atoms with Gasteiger partial charge in [-0.2, -0.15) is 0 Å². The molecule has 2 aliphatic heterocycles. The molecule has 1 spiro atoms. The number of hydrogen-bond donors (Lipinski definition) is 1. The predicted octanol–water partition coefficient (Wildman–Crippen LogP) is 0.775. The Bertz CT molecular complexity index is 124. The molecule has 0 aromatic rings. The summed E-state index contributed by atoms with van der Waals surface area (Å²) in [4.78, 5) is 0. The predicted molar refractivity (Wildman–Crippen MR) is 40.0 cm³/mol. The highest BCUT2D eigenvalue weighted by molar-refractivity contribution is 5.00. The van der Waals surface area contributed by atoms with E-state index < -0.39 is 0 Å². The number of hydrogen-bond acceptors (Lipinski definition) is 2. The summed E-state index contributed by atoms with van der Waals surface area (Å²) in [7, 11) is 0. The van der Waals surface area contributed by atoms with Crippen LogP contribution >= 0.6 is 0 Å². The third-order valence-corrected chi connectivity index (χ3v) is 3.05.